The zero-order chi connectivity index (χ0) is 13.1. The lowest BCUT2D eigenvalue weighted by atomic mass is 10.2. The van der Waals surface area contributed by atoms with Crippen molar-refractivity contribution in [1.82, 2.24) is 9.78 Å². The number of hydrogen-bond donors (Lipinski definition) is 0. The molecule has 96 valence electrons. The average Bonchev–Trinajstić information content (AvgIpc) is 3.07. The smallest absolute Gasteiger partial charge is 0.177 e. The Morgan fingerprint density at radius 2 is 2.00 bits per heavy atom. The topological polar surface area (TPSA) is 27.1 Å². The highest BCUT2D eigenvalue weighted by molar-refractivity contribution is 7.12. The molecule has 1 aromatic carbocycles. The molecular weight excluding hydrogens is 280 g/mol. The summed E-state index contributed by atoms with van der Waals surface area (Å²) in [5.74, 6) is 0.596. The van der Waals surface area contributed by atoms with E-state index in [-0.39, 0.29) is 0 Å². The summed E-state index contributed by atoms with van der Waals surface area (Å²) in [6.45, 7) is 0.483. The third-order valence-corrected chi connectivity index (χ3v) is 3.82. The molecule has 0 aliphatic heterocycles. The van der Waals surface area contributed by atoms with Crippen molar-refractivity contribution < 1.29 is 4.74 Å². The molecule has 0 radical (unpaired) electrons. The fraction of sp³-hybridized carbons (Fsp3) is 0.0714. The van der Waals surface area contributed by atoms with Crippen molar-refractivity contribution in [2.45, 2.75) is 6.61 Å². The van der Waals surface area contributed by atoms with E-state index in [9.17, 15) is 0 Å². The van der Waals surface area contributed by atoms with Gasteiger partial charge in [-0.1, -0.05) is 41.9 Å². The summed E-state index contributed by atoms with van der Waals surface area (Å²) in [7, 11) is 0. The quantitative estimate of drug-likeness (QED) is 0.721. The van der Waals surface area contributed by atoms with Gasteiger partial charge in [0.1, 0.15) is 11.6 Å². The van der Waals surface area contributed by atoms with Crippen molar-refractivity contribution in [2.75, 3.05) is 0 Å². The van der Waals surface area contributed by atoms with Crippen molar-refractivity contribution >= 4 is 22.9 Å². The minimum absolute atomic E-state index is 0.483. The summed E-state index contributed by atoms with van der Waals surface area (Å²) in [5, 5.41) is 7.69. The number of ether oxygens (including phenoxy) is 1. The Morgan fingerprint density at radius 1 is 1.16 bits per heavy atom. The first-order valence-electron chi connectivity index (χ1n) is 5.79. The van der Waals surface area contributed by atoms with Crippen molar-refractivity contribution in [3.8, 4) is 10.8 Å². The van der Waals surface area contributed by atoms with E-state index in [0.29, 0.717) is 17.5 Å². The maximum atomic E-state index is 6.26. The first kappa shape index (κ1) is 12.3. The van der Waals surface area contributed by atoms with Crippen LogP contribution in [-0.4, -0.2) is 9.78 Å². The first-order chi connectivity index (χ1) is 9.34. The van der Waals surface area contributed by atoms with E-state index in [2.05, 4.69) is 5.10 Å². The highest BCUT2D eigenvalue weighted by Gasteiger charge is 2.11. The molecule has 0 unspecified atom stereocenters. The lowest BCUT2D eigenvalue weighted by Gasteiger charge is -2.04. The minimum atomic E-state index is 0.483. The fourth-order valence-electron chi connectivity index (χ4n) is 1.69. The Hall–Kier alpha value is -1.78. The van der Waals surface area contributed by atoms with Gasteiger partial charge >= 0.3 is 0 Å². The largest absolute Gasteiger partial charge is 0.484 e. The van der Waals surface area contributed by atoms with Gasteiger partial charge in [-0.25, -0.2) is 4.68 Å². The lowest BCUT2D eigenvalue weighted by molar-refractivity contribution is 0.306. The fourth-order valence-corrected chi connectivity index (χ4v) is 2.67. The SMILES string of the molecule is Clc1c(OCc2ccccc2)cnn1-c1cccs1. The van der Waals surface area contributed by atoms with Gasteiger partial charge in [0.2, 0.25) is 0 Å². The van der Waals surface area contributed by atoms with Gasteiger partial charge in [0, 0.05) is 0 Å². The number of aromatic nitrogens is 2. The van der Waals surface area contributed by atoms with Crippen LogP contribution in [0, 0.1) is 0 Å². The number of benzene rings is 1. The summed E-state index contributed by atoms with van der Waals surface area (Å²) in [6.07, 6.45) is 1.64. The predicted molar refractivity (Wildman–Crippen MR) is 77.2 cm³/mol. The summed E-state index contributed by atoms with van der Waals surface area (Å²) in [5.41, 5.74) is 1.10. The van der Waals surface area contributed by atoms with Crippen molar-refractivity contribution in [3.05, 3.63) is 64.8 Å². The van der Waals surface area contributed by atoms with Crippen LogP contribution < -0.4 is 4.74 Å². The van der Waals surface area contributed by atoms with Gasteiger partial charge < -0.3 is 4.74 Å². The average molecular weight is 291 g/mol. The number of thiophene rings is 1. The van der Waals surface area contributed by atoms with Gasteiger partial charge in [-0.05, 0) is 23.1 Å². The maximum Gasteiger partial charge on any atom is 0.177 e. The van der Waals surface area contributed by atoms with E-state index in [4.69, 9.17) is 16.3 Å². The zero-order valence-corrected chi connectivity index (χ0v) is 11.6. The van der Waals surface area contributed by atoms with Crippen LogP contribution in [0.15, 0.2) is 54.0 Å². The molecule has 0 fully saturated rings. The predicted octanol–water partition coefficient (Wildman–Crippen LogP) is 4.17. The molecule has 0 saturated heterocycles. The molecule has 19 heavy (non-hydrogen) atoms. The summed E-state index contributed by atoms with van der Waals surface area (Å²) in [6, 6.07) is 13.9. The van der Waals surface area contributed by atoms with Crippen LogP contribution in [0.2, 0.25) is 5.15 Å². The molecule has 0 spiro atoms. The number of halogens is 1. The number of nitrogens with zero attached hydrogens (tertiary/aromatic N) is 2. The normalized spacial score (nSPS) is 10.6. The van der Waals surface area contributed by atoms with Gasteiger partial charge in [0.25, 0.3) is 0 Å². The van der Waals surface area contributed by atoms with Crippen molar-refractivity contribution in [2.24, 2.45) is 0 Å². The summed E-state index contributed by atoms with van der Waals surface area (Å²) < 4.78 is 7.36. The van der Waals surface area contributed by atoms with E-state index in [1.807, 2.05) is 47.8 Å². The molecule has 5 heteroatoms. The van der Waals surface area contributed by atoms with E-state index in [0.717, 1.165) is 10.6 Å². The molecule has 2 aromatic heterocycles. The highest BCUT2D eigenvalue weighted by Crippen LogP contribution is 2.29. The van der Waals surface area contributed by atoms with Gasteiger partial charge in [-0.3, -0.25) is 0 Å². The second kappa shape index (κ2) is 5.47. The Morgan fingerprint density at radius 3 is 2.74 bits per heavy atom. The van der Waals surface area contributed by atoms with Gasteiger partial charge in [0.15, 0.2) is 10.9 Å². The zero-order valence-electron chi connectivity index (χ0n) is 9.99. The first-order valence-corrected chi connectivity index (χ1v) is 7.04. The molecule has 0 aliphatic carbocycles. The van der Waals surface area contributed by atoms with Crippen LogP contribution in [0.3, 0.4) is 0 Å². The molecule has 0 aliphatic rings. The Kier molecular flexibility index (Phi) is 3.53. The number of hydrogen-bond acceptors (Lipinski definition) is 3. The molecular formula is C14H11ClN2OS. The molecule has 0 amide bonds. The molecule has 3 rings (SSSR count). The summed E-state index contributed by atoms with van der Waals surface area (Å²) >= 11 is 7.84. The van der Waals surface area contributed by atoms with E-state index >= 15 is 0 Å². The molecule has 0 saturated carbocycles. The van der Waals surface area contributed by atoms with Gasteiger partial charge in [0.05, 0.1) is 6.20 Å². The van der Waals surface area contributed by atoms with Crippen LogP contribution in [0.25, 0.3) is 5.00 Å². The third-order valence-electron chi connectivity index (χ3n) is 2.63. The second-order valence-corrected chi connectivity index (χ2v) is 5.22. The van der Waals surface area contributed by atoms with E-state index in [1.165, 1.54) is 0 Å². The van der Waals surface area contributed by atoms with E-state index in [1.54, 1.807) is 22.2 Å². The van der Waals surface area contributed by atoms with Crippen LogP contribution in [0.5, 0.6) is 5.75 Å². The van der Waals surface area contributed by atoms with Crippen LogP contribution in [-0.2, 0) is 6.61 Å². The van der Waals surface area contributed by atoms with E-state index < -0.39 is 0 Å². The third kappa shape index (κ3) is 2.64. The summed E-state index contributed by atoms with van der Waals surface area (Å²) in [4.78, 5) is 0. The van der Waals surface area contributed by atoms with Gasteiger partial charge in [-0.15, -0.1) is 11.3 Å². The standard InChI is InChI=1S/C14H11ClN2OS/c15-14-12(18-10-11-5-2-1-3-6-11)9-16-17(14)13-7-4-8-19-13/h1-9H,10H2. The minimum Gasteiger partial charge on any atom is -0.484 e. The Balaban J connectivity index is 1.76. The Labute approximate surface area is 120 Å². The molecule has 0 atom stereocenters. The monoisotopic (exact) mass is 290 g/mol. The molecule has 0 N–H and O–H groups in total. The molecule has 3 aromatic rings. The molecule has 2 heterocycles. The highest BCUT2D eigenvalue weighted by atomic mass is 35.5. The molecule has 0 bridgehead atoms. The second-order valence-electron chi connectivity index (χ2n) is 3.94. The Bertz CT molecular complexity index is 649. The maximum absolute atomic E-state index is 6.26. The lowest BCUT2D eigenvalue weighted by Crippen LogP contribution is -1.96. The van der Waals surface area contributed by atoms with Gasteiger partial charge in [-0.2, -0.15) is 5.10 Å². The number of rotatable bonds is 4. The van der Waals surface area contributed by atoms with Crippen LogP contribution in [0.1, 0.15) is 5.56 Å². The van der Waals surface area contributed by atoms with Crippen molar-refractivity contribution in [1.29, 1.82) is 0 Å². The van der Waals surface area contributed by atoms with Crippen LogP contribution >= 0.6 is 22.9 Å². The van der Waals surface area contributed by atoms with Crippen molar-refractivity contribution in [3.63, 3.8) is 0 Å². The van der Waals surface area contributed by atoms with Crippen LogP contribution in [0.4, 0.5) is 0 Å². The molecule has 3 nitrogen and oxygen atoms in total.